The van der Waals surface area contributed by atoms with Gasteiger partial charge in [-0.2, -0.15) is 5.26 Å². The van der Waals surface area contributed by atoms with Crippen molar-refractivity contribution in [3.05, 3.63) is 36.4 Å². The van der Waals surface area contributed by atoms with E-state index in [0.29, 0.717) is 30.9 Å². The Balaban J connectivity index is 1.94. The topological polar surface area (TPSA) is 97.6 Å². The van der Waals surface area contributed by atoms with Crippen LogP contribution in [-0.4, -0.2) is 37.7 Å². The number of carbonyl (C=O) groups is 2. The van der Waals surface area contributed by atoms with Gasteiger partial charge >= 0.3 is 5.97 Å². The highest BCUT2D eigenvalue weighted by molar-refractivity contribution is 5.92. The smallest absolute Gasteiger partial charge is 0.338 e. The highest BCUT2D eigenvalue weighted by Gasteiger charge is 2.35. The van der Waals surface area contributed by atoms with Gasteiger partial charge in [-0.15, -0.1) is 0 Å². The summed E-state index contributed by atoms with van der Waals surface area (Å²) in [6.45, 7) is 3.43. The number of hydrogen-bond acceptors (Lipinski definition) is 6. The molecule has 1 saturated carbocycles. The van der Waals surface area contributed by atoms with Crippen LogP contribution >= 0.6 is 0 Å². The molecule has 0 bridgehead atoms. The number of benzene rings is 1. The molecule has 26 heavy (non-hydrogen) atoms. The molecule has 2 rings (SSSR count). The maximum Gasteiger partial charge on any atom is 0.338 e. The molecule has 138 valence electrons. The second-order valence-electron chi connectivity index (χ2n) is 5.99. The Hall–Kier alpha value is -3.01. The minimum absolute atomic E-state index is 0.233. The average molecular weight is 358 g/mol. The molecular formula is C19H22N2O5. The summed E-state index contributed by atoms with van der Waals surface area (Å²) >= 11 is 0. The number of nitrogens with one attached hydrogen (secondary N) is 1. The number of amides is 1. The van der Waals surface area contributed by atoms with E-state index in [1.165, 1.54) is 19.2 Å². The van der Waals surface area contributed by atoms with E-state index >= 15 is 0 Å². The lowest BCUT2D eigenvalue weighted by Crippen LogP contribution is -2.46. The van der Waals surface area contributed by atoms with E-state index in [1.54, 1.807) is 12.1 Å². The van der Waals surface area contributed by atoms with Crippen LogP contribution in [0.2, 0.25) is 0 Å². The van der Waals surface area contributed by atoms with Gasteiger partial charge in [-0.1, -0.05) is 12.7 Å². The summed E-state index contributed by atoms with van der Waals surface area (Å²) in [7, 11) is 1.46. The predicted molar refractivity (Wildman–Crippen MR) is 93.9 cm³/mol. The number of esters is 1. The fourth-order valence-electron chi connectivity index (χ4n) is 2.82. The summed E-state index contributed by atoms with van der Waals surface area (Å²) < 4.78 is 15.6. The van der Waals surface area contributed by atoms with E-state index < -0.39 is 24.0 Å². The van der Waals surface area contributed by atoms with Crippen LogP contribution in [0.3, 0.4) is 0 Å². The van der Waals surface area contributed by atoms with Crippen molar-refractivity contribution >= 4 is 11.9 Å². The fraction of sp³-hybridized carbons (Fsp3) is 0.421. The Labute approximate surface area is 152 Å². The number of hydrogen-bond donors (Lipinski definition) is 1. The molecular weight excluding hydrogens is 336 g/mol. The Morgan fingerprint density at radius 3 is 2.69 bits per heavy atom. The summed E-state index contributed by atoms with van der Waals surface area (Å²) in [5.41, 5.74) is -0.604. The number of nitriles is 1. The standard InChI is InChI=1S/C19H22N2O5/c1-3-10-25-15-7-6-14(11-16(15)24-2)18(23)26-12-17(22)21-19(13-20)8-4-5-9-19/h3,6-7,11H,1,4-5,8-10,12H2,2H3,(H,21,22). The van der Waals surface area contributed by atoms with Crippen molar-refractivity contribution in [3.8, 4) is 17.6 Å². The van der Waals surface area contributed by atoms with Crippen LogP contribution in [-0.2, 0) is 9.53 Å². The van der Waals surface area contributed by atoms with Crippen LogP contribution in [0.25, 0.3) is 0 Å². The third kappa shape index (κ3) is 4.76. The van der Waals surface area contributed by atoms with Gasteiger partial charge in [-0.05, 0) is 43.9 Å². The van der Waals surface area contributed by atoms with Crippen molar-refractivity contribution in [2.24, 2.45) is 0 Å². The van der Waals surface area contributed by atoms with E-state index in [-0.39, 0.29) is 5.56 Å². The molecule has 7 heteroatoms. The first-order valence-corrected chi connectivity index (χ1v) is 8.35. The molecule has 0 spiro atoms. The van der Waals surface area contributed by atoms with E-state index in [2.05, 4.69) is 18.0 Å². The minimum Gasteiger partial charge on any atom is -0.493 e. The Kier molecular flexibility index (Phi) is 6.61. The molecule has 0 saturated heterocycles. The lowest BCUT2D eigenvalue weighted by molar-refractivity contribution is -0.125. The maximum atomic E-state index is 12.1. The van der Waals surface area contributed by atoms with Crippen LogP contribution < -0.4 is 14.8 Å². The number of rotatable bonds is 8. The summed E-state index contributed by atoms with van der Waals surface area (Å²) in [5.74, 6) is -0.301. The number of ether oxygens (including phenoxy) is 3. The quantitative estimate of drug-likeness (QED) is 0.566. The molecule has 0 heterocycles. The first-order chi connectivity index (χ1) is 12.5. The molecule has 0 aliphatic heterocycles. The van der Waals surface area contributed by atoms with Crippen molar-refractivity contribution in [1.82, 2.24) is 5.32 Å². The maximum absolute atomic E-state index is 12.1. The highest BCUT2D eigenvalue weighted by atomic mass is 16.5. The van der Waals surface area contributed by atoms with Gasteiger partial charge < -0.3 is 19.5 Å². The number of nitrogens with zero attached hydrogens (tertiary/aromatic N) is 1. The Morgan fingerprint density at radius 1 is 1.35 bits per heavy atom. The first-order valence-electron chi connectivity index (χ1n) is 8.35. The molecule has 0 unspecified atom stereocenters. The van der Waals surface area contributed by atoms with Crippen LogP contribution in [0, 0.1) is 11.3 Å². The predicted octanol–water partition coefficient (Wildman–Crippen LogP) is 2.37. The van der Waals surface area contributed by atoms with Gasteiger partial charge in [0, 0.05) is 0 Å². The van der Waals surface area contributed by atoms with Crippen molar-refractivity contribution in [1.29, 1.82) is 5.26 Å². The average Bonchev–Trinajstić information content (AvgIpc) is 3.13. The second-order valence-corrected chi connectivity index (χ2v) is 5.99. The van der Waals surface area contributed by atoms with Crippen LogP contribution in [0.1, 0.15) is 36.0 Å². The monoisotopic (exact) mass is 358 g/mol. The lowest BCUT2D eigenvalue weighted by atomic mass is 10.00. The molecule has 0 radical (unpaired) electrons. The molecule has 1 fully saturated rings. The number of carbonyl (C=O) groups excluding carboxylic acids is 2. The second kappa shape index (κ2) is 8.90. The fourth-order valence-corrected chi connectivity index (χ4v) is 2.82. The lowest BCUT2D eigenvalue weighted by Gasteiger charge is -2.21. The van der Waals surface area contributed by atoms with Gasteiger partial charge in [0.1, 0.15) is 12.1 Å². The zero-order valence-corrected chi connectivity index (χ0v) is 14.7. The summed E-state index contributed by atoms with van der Waals surface area (Å²) in [6, 6.07) is 6.74. The van der Waals surface area contributed by atoms with Crippen molar-refractivity contribution in [3.63, 3.8) is 0 Å². The molecule has 1 amide bonds. The van der Waals surface area contributed by atoms with E-state index in [1.807, 2.05) is 0 Å². The molecule has 1 aliphatic rings. The zero-order chi connectivity index (χ0) is 19.0. The van der Waals surface area contributed by atoms with Crippen molar-refractivity contribution < 1.29 is 23.8 Å². The van der Waals surface area contributed by atoms with Gasteiger partial charge in [0.25, 0.3) is 5.91 Å². The van der Waals surface area contributed by atoms with E-state index in [0.717, 1.165) is 12.8 Å². The SMILES string of the molecule is C=CCOc1ccc(C(=O)OCC(=O)NC2(C#N)CCCC2)cc1OC. The number of methoxy groups -OCH3 is 1. The highest BCUT2D eigenvalue weighted by Crippen LogP contribution is 2.29. The van der Waals surface area contributed by atoms with Gasteiger partial charge in [-0.25, -0.2) is 4.79 Å². The van der Waals surface area contributed by atoms with Crippen LogP contribution in [0.15, 0.2) is 30.9 Å². The van der Waals surface area contributed by atoms with Gasteiger partial charge in [-0.3, -0.25) is 4.79 Å². The van der Waals surface area contributed by atoms with Crippen LogP contribution in [0.4, 0.5) is 0 Å². The van der Waals surface area contributed by atoms with E-state index in [4.69, 9.17) is 14.2 Å². The molecule has 0 atom stereocenters. The third-order valence-electron chi connectivity index (χ3n) is 4.14. The largest absolute Gasteiger partial charge is 0.493 e. The summed E-state index contributed by atoms with van der Waals surface area (Å²) in [6.07, 6.45) is 4.62. The molecule has 7 nitrogen and oxygen atoms in total. The van der Waals surface area contributed by atoms with Crippen molar-refractivity contribution in [2.75, 3.05) is 20.3 Å². The molecule has 1 aromatic carbocycles. The molecule has 1 aliphatic carbocycles. The molecule has 0 aromatic heterocycles. The van der Waals surface area contributed by atoms with Gasteiger partial charge in [0.2, 0.25) is 0 Å². The summed E-state index contributed by atoms with van der Waals surface area (Å²) in [5, 5.41) is 11.9. The normalized spacial score (nSPS) is 14.8. The van der Waals surface area contributed by atoms with Gasteiger partial charge in [0.05, 0.1) is 18.7 Å². The molecule has 1 N–H and O–H groups in total. The minimum atomic E-state index is -0.836. The van der Waals surface area contributed by atoms with E-state index in [9.17, 15) is 14.9 Å². The van der Waals surface area contributed by atoms with Crippen molar-refractivity contribution in [2.45, 2.75) is 31.2 Å². The Morgan fingerprint density at radius 2 is 2.08 bits per heavy atom. The van der Waals surface area contributed by atoms with Gasteiger partial charge in [0.15, 0.2) is 18.1 Å². The Bertz CT molecular complexity index is 717. The summed E-state index contributed by atoms with van der Waals surface area (Å²) in [4.78, 5) is 24.2. The first kappa shape index (κ1) is 19.3. The third-order valence-corrected chi connectivity index (χ3v) is 4.14. The van der Waals surface area contributed by atoms with Crippen LogP contribution in [0.5, 0.6) is 11.5 Å². The molecule has 1 aromatic rings. The zero-order valence-electron chi connectivity index (χ0n) is 14.7.